The third-order valence-corrected chi connectivity index (χ3v) is 4.56. The van der Waals surface area contributed by atoms with E-state index >= 15 is 0 Å². The fourth-order valence-electron chi connectivity index (χ4n) is 2.00. The van der Waals surface area contributed by atoms with Gasteiger partial charge in [-0.05, 0) is 42.7 Å². The number of hydrogen-bond acceptors (Lipinski definition) is 4. The maximum absolute atomic E-state index is 12.7. The van der Waals surface area contributed by atoms with Crippen LogP contribution >= 0.6 is 0 Å². The van der Waals surface area contributed by atoms with Crippen molar-refractivity contribution < 1.29 is 13.2 Å². The Kier molecular flexibility index (Phi) is 5.03. The molecule has 6 heteroatoms. The molecule has 1 heterocycles. The monoisotopic (exact) mass is 320 g/mol. The molecule has 0 fully saturated rings. The second kappa shape index (κ2) is 6.79. The van der Waals surface area contributed by atoms with Crippen molar-refractivity contribution in [1.82, 2.24) is 4.98 Å². The molecule has 1 N–H and O–H groups in total. The van der Waals surface area contributed by atoms with E-state index in [4.69, 9.17) is 4.74 Å². The minimum atomic E-state index is -3.72. The molecule has 118 valence electrons. The molecule has 0 bridgehead atoms. The van der Waals surface area contributed by atoms with E-state index in [9.17, 15) is 8.42 Å². The molecule has 1 aromatic heterocycles. The van der Waals surface area contributed by atoms with Gasteiger partial charge in [0.15, 0.2) is 0 Å². The largest absolute Gasteiger partial charge is 0.492 e. The Balaban J connectivity index is 2.45. The zero-order chi connectivity index (χ0) is 16.2. The SMILES string of the molecule is CCOc1ccc(C(C)C)cc1S(=O)(=O)Nc1ccncc1. The van der Waals surface area contributed by atoms with Gasteiger partial charge in [0.2, 0.25) is 0 Å². The van der Waals surface area contributed by atoms with E-state index in [0.717, 1.165) is 5.56 Å². The van der Waals surface area contributed by atoms with E-state index in [2.05, 4.69) is 9.71 Å². The Morgan fingerprint density at radius 1 is 1.18 bits per heavy atom. The number of nitrogens with zero attached hydrogens (tertiary/aromatic N) is 1. The predicted octanol–water partition coefficient (Wildman–Crippen LogP) is 3.40. The summed E-state index contributed by atoms with van der Waals surface area (Å²) < 4.78 is 33.3. The Morgan fingerprint density at radius 2 is 1.86 bits per heavy atom. The highest BCUT2D eigenvalue weighted by molar-refractivity contribution is 7.92. The van der Waals surface area contributed by atoms with Gasteiger partial charge in [-0.25, -0.2) is 8.42 Å². The summed E-state index contributed by atoms with van der Waals surface area (Å²) >= 11 is 0. The Morgan fingerprint density at radius 3 is 2.45 bits per heavy atom. The van der Waals surface area contributed by atoms with Crippen LogP contribution in [0.2, 0.25) is 0 Å². The quantitative estimate of drug-likeness (QED) is 0.885. The average molecular weight is 320 g/mol. The van der Waals surface area contributed by atoms with E-state index in [-0.39, 0.29) is 10.8 Å². The highest BCUT2D eigenvalue weighted by atomic mass is 32.2. The Labute approximate surface area is 131 Å². The van der Waals surface area contributed by atoms with Crippen LogP contribution in [-0.4, -0.2) is 20.0 Å². The molecule has 0 aliphatic rings. The van der Waals surface area contributed by atoms with Gasteiger partial charge in [0.1, 0.15) is 10.6 Å². The van der Waals surface area contributed by atoms with Gasteiger partial charge in [-0.2, -0.15) is 0 Å². The molecule has 0 radical (unpaired) electrons. The molecular formula is C16H20N2O3S. The molecule has 0 aliphatic carbocycles. The van der Waals surface area contributed by atoms with Crippen molar-refractivity contribution in [3.8, 4) is 5.75 Å². The number of benzene rings is 1. The third-order valence-electron chi connectivity index (χ3n) is 3.16. The molecule has 0 spiro atoms. The van der Waals surface area contributed by atoms with Gasteiger partial charge in [-0.15, -0.1) is 0 Å². The highest BCUT2D eigenvalue weighted by Crippen LogP contribution is 2.29. The van der Waals surface area contributed by atoms with Gasteiger partial charge in [0.05, 0.1) is 12.3 Å². The zero-order valence-electron chi connectivity index (χ0n) is 12.9. The summed E-state index contributed by atoms with van der Waals surface area (Å²) in [5, 5.41) is 0. The van der Waals surface area contributed by atoms with E-state index in [0.29, 0.717) is 18.0 Å². The maximum atomic E-state index is 12.7. The summed E-state index contributed by atoms with van der Waals surface area (Å²) in [6.45, 7) is 6.26. The second-order valence-electron chi connectivity index (χ2n) is 5.14. The number of ether oxygens (including phenoxy) is 1. The fourth-order valence-corrected chi connectivity index (χ4v) is 3.24. The molecule has 5 nitrogen and oxygen atoms in total. The van der Waals surface area contributed by atoms with Gasteiger partial charge < -0.3 is 4.74 Å². The van der Waals surface area contributed by atoms with Crippen LogP contribution < -0.4 is 9.46 Å². The van der Waals surface area contributed by atoms with Crippen LogP contribution in [0.4, 0.5) is 5.69 Å². The summed E-state index contributed by atoms with van der Waals surface area (Å²) in [5.74, 6) is 0.582. The maximum Gasteiger partial charge on any atom is 0.265 e. The Hall–Kier alpha value is -2.08. The van der Waals surface area contributed by atoms with Crippen molar-refractivity contribution in [2.75, 3.05) is 11.3 Å². The summed E-state index contributed by atoms with van der Waals surface area (Å²) in [6, 6.07) is 8.47. The number of sulfonamides is 1. The van der Waals surface area contributed by atoms with Crippen LogP contribution in [-0.2, 0) is 10.0 Å². The first-order valence-electron chi connectivity index (χ1n) is 7.13. The lowest BCUT2D eigenvalue weighted by molar-refractivity contribution is 0.331. The third kappa shape index (κ3) is 3.76. The summed E-state index contributed by atoms with van der Waals surface area (Å²) in [7, 11) is -3.72. The van der Waals surface area contributed by atoms with Crippen LogP contribution in [0.15, 0.2) is 47.6 Å². The van der Waals surface area contributed by atoms with E-state index in [1.807, 2.05) is 26.8 Å². The molecule has 22 heavy (non-hydrogen) atoms. The molecule has 0 atom stereocenters. The number of aromatic nitrogens is 1. The smallest absolute Gasteiger partial charge is 0.265 e. The number of nitrogens with one attached hydrogen (secondary N) is 1. The molecule has 0 saturated carbocycles. The van der Waals surface area contributed by atoms with Crippen LogP contribution in [0, 0.1) is 0 Å². The fraction of sp³-hybridized carbons (Fsp3) is 0.312. The van der Waals surface area contributed by atoms with Crippen molar-refractivity contribution >= 4 is 15.7 Å². The summed E-state index contributed by atoms with van der Waals surface area (Å²) in [4.78, 5) is 4.02. The summed E-state index contributed by atoms with van der Waals surface area (Å²) in [5.41, 5.74) is 1.41. The first kappa shape index (κ1) is 16.3. The van der Waals surface area contributed by atoms with Crippen LogP contribution in [0.25, 0.3) is 0 Å². The summed E-state index contributed by atoms with van der Waals surface area (Å²) in [6.07, 6.45) is 3.07. The lowest BCUT2D eigenvalue weighted by atomic mass is 10.0. The topological polar surface area (TPSA) is 68.3 Å². The van der Waals surface area contributed by atoms with E-state index in [1.54, 1.807) is 24.3 Å². The average Bonchev–Trinajstić information content (AvgIpc) is 2.48. The minimum Gasteiger partial charge on any atom is -0.492 e. The highest BCUT2D eigenvalue weighted by Gasteiger charge is 2.21. The molecule has 0 unspecified atom stereocenters. The van der Waals surface area contributed by atoms with Crippen LogP contribution in [0.3, 0.4) is 0 Å². The molecule has 2 aromatic rings. The first-order chi connectivity index (χ1) is 10.4. The van der Waals surface area contributed by atoms with Gasteiger partial charge in [-0.1, -0.05) is 19.9 Å². The van der Waals surface area contributed by atoms with E-state index < -0.39 is 10.0 Å². The number of anilines is 1. The van der Waals surface area contributed by atoms with Crippen molar-refractivity contribution in [3.63, 3.8) is 0 Å². The Bertz CT molecular complexity index is 728. The molecular weight excluding hydrogens is 300 g/mol. The van der Waals surface area contributed by atoms with Crippen molar-refractivity contribution in [3.05, 3.63) is 48.3 Å². The van der Waals surface area contributed by atoms with Crippen molar-refractivity contribution in [2.45, 2.75) is 31.6 Å². The molecule has 1 aromatic carbocycles. The zero-order valence-corrected chi connectivity index (χ0v) is 13.7. The number of rotatable bonds is 6. The van der Waals surface area contributed by atoms with Gasteiger partial charge in [0, 0.05) is 12.4 Å². The first-order valence-corrected chi connectivity index (χ1v) is 8.62. The normalized spacial score (nSPS) is 11.5. The van der Waals surface area contributed by atoms with Gasteiger partial charge in [-0.3, -0.25) is 9.71 Å². The van der Waals surface area contributed by atoms with Crippen LogP contribution in [0.5, 0.6) is 5.75 Å². The lowest BCUT2D eigenvalue weighted by Gasteiger charge is -2.15. The lowest BCUT2D eigenvalue weighted by Crippen LogP contribution is -2.15. The van der Waals surface area contributed by atoms with Crippen LogP contribution in [0.1, 0.15) is 32.3 Å². The minimum absolute atomic E-state index is 0.150. The molecule has 0 aliphatic heterocycles. The van der Waals surface area contributed by atoms with Crippen molar-refractivity contribution in [2.24, 2.45) is 0 Å². The molecule has 2 rings (SSSR count). The number of hydrogen-bond donors (Lipinski definition) is 1. The predicted molar refractivity (Wildman–Crippen MR) is 86.7 cm³/mol. The molecule has 0 amide bonds. The standard InChI is InChI=1S/C16H20N2O3S/c1-4-21-15-6-5-13(12(2)3)11-16(15)22(19,20)18-14-7-9-17-10-8-14/h5-12H,4H2,1-3H3,(H,17,18). The molecule has 0 saturated heterocycles. The second-order valence-corrected chi connectivity index (χ2v) is 6.79. The van der Waals surface area contributed by atoms with Gasteiger partial charge in [0.25, 0.3) is 10.0 Å². The van der Waals surface area contributed by atoms with Gasteiger partial charge >= 0.3 is 0 Å². The number of pyridine rings is 1. The van der Waals surface area contributed by atoms with Crippen molar-refractivity contribution in [1.29, 1.82) is 0 Å². The van der Waals surface area contributed by atoms with E-state index in [1.165, 1.54) is 12.4 Å².